The highest BCUT2D eigenvalue weighted by molar-refractivity contribution is 6.28. The van der Waals surface area contributed by atoms with Crippen LogP contribution in [0.1, 0.15) is 19.3 Å². The molecule has 3 atom stereocenters. The number of hydrogen-bond acceptors (Lipinski definition) is 2. The van der Waals surface area contributed by atoms with Gasteiger partial charge in [0.2, 0.25) is 0 Å². The van der Waals surface area contributed by atoms with E-state index in [0.717, 1.165) is 24.2 Å². The van der Waals surface area contributed by atoms with Gasteiger partial charge in [-0.2, -0.15) is 8.78 Å². The Bertz CT molecular complexity index is 337. The summed E-state index contributed by atoms with van der Waals surface area (Å²) >= 11 is 5.50. The Kier molecular flexibility index (Phi) is 3.66. The van der Waals surface area contributed by atoms with Crippen molar-refractivity contribution in [3.05, 3.63) is 0 Å². The molecule has 3 nitrogen and oxygen atoms in total. The summed E-state index contributed by atoms with van der Waals surface area (Å²) < 4.78 is 24.9. The van der Waals surface area contributed by atoms with Crippen molar-refractivity contribution in [2.75, 3.05) is 12.4 Å². The number of carbonyl (C=O) groups is 2. The molecule has 2 aliphatic rings. The smallest absolute Gasteiger partial charge is 0.315 e. The number of halogens is 3. The minimum Gasteiger partial charge on any atom is -0.327 e. The Hall–Kier alpha value is -0.710. The first-order valence-corrected chi connectivity index (χ1v) is 6.27. The molecule has 0 aromatic rings. The number of likely N-dealkylation sites (tertiary alicyclic amines) is 1. The van der Waals surface area contributed by atoms with Crippen LogP contribution < -0.4 is 0 Å². The van der Waals surface area contributed by atoms with Gasteiger partial charge in [0.25, 0.3) is 5.91 Å². The van der Waals surface area contributed by atoms with Crippen molar-refractivity contribution in [2.45, 2.75) is 31.7 Å². The minimum atomic E-state index is -3.04. The van der Waals surface area contributed by atoms with Crippen LogP contribution in [0, 0.1) is 11.8 Å². The normalized spacial score (nSPS) is 32.0. The molecule has 0 aromatic carbocycles. The summed E-state index contributed by atoms with van der Waals surface area (Å²) in [6.45, 7) is 0.279. The molecule has 0 aromatic heterocycles. The van der Waals surface area contributed by atoms with Crippen molar-refractivity contribution in [3.63, 3.8) is 0 Å². The fourth-order valence-corrected chi connectivity index (χ4v) is 3.31. The molecule has 3 unspecified atom stereocenters. The SMILES string of the molecule is O=C(CCl)C1C2CCCC2CN1C(=O)C(F)F. The van der Waals surface area contributed by atoms with Gasteiger partial charge in [-0.1, -0.05) is 6.42 Å². The molecule has 1 amide bonds. The third-order valence-corrected chi connectivity index (χ3v) is 4.09. The van der Waals surface area contributed by atoms with Gasteiger partial charge in [0, 0.05) is 6.54 Å². The van der Waals surface area contributed by atoms with Crippen LogP contribution in [0.4, 0.5) is 8.78 Å². The van der Waals surface area contributed by atoms with Gasteiger partial charge in [-0.15, -0.1) is 11.6 Å². The van der Waals surface area contributed by atoms with Crippen LogP contribution in [0.2, 0.25) is 0 Å². The van der Waals surface area contributed by atoms with Crippen LogP contribution in [0.5, 0.6) is 0 Å². The highest BCUT2D eigenvalue weighted by atomic mass is 35.5. The maximum absolute atomic E-state index is 12.5. The summed E-state index contributed by atoms with van der Waals surface area (Å²) in [4.78, 5) is 24.2. The number of alkyl halides is 3. The second kappa shape index (κ2) is 4.88. The lowest BCUT2D eigenvalue weighted by Gasteiger charge is -2.25. The third kappa shape index (κ3) is 2.17. The van der Waals surface area contributed by atoms with Crippen LogP contribution in [0.15, 0.2) is 0 Å². The summed E-state index contributed by atoms with van der Waals surface area (Å²) in [5.41, 5.74) is 0. The Balaban J connectivity index is 2.20. The third-order valence-electron chi connectivity index (χ3n) is 3.82. The van der Waals surface area contributed by atoms with E-state index in [1.165, 1.54) is 0 Å². The lowest BCUT2D eigenvalue weighted by molar-refractivity contribution is -0.147. The molecule has 17 heavy (non-hydrogen) atoms. The lowest BCUT2D eigenvalue weighted by atomic mass is 9.92. The zero-order valence-electron chi connectivity index (χ0n) is 9.24. The number of hydrogen-bond donors (Lipinski definition) is 0. The van der Waals surface area contributed by atoms with Crippen molar-refractivity contribution in [3.8, 4) is 0 Å². The van der Waals surface area contributed by atoms with Crippen LogP contribution in [0.3, 0.4) is 0 Å². The zero-order chi connectivity index (χ0) is 12.6. The Labute approximate surface area is 103 Å². The predicted molar refractivity (Wildman–Crippen MR) is 58.1 cm³/mol. The summed E-state index contributed by atoms with van der Waals surface area (Å²) in [6.07, 6.45) is -0.313. The van der Waals surface area contributed by atoms with E-state index in [-0.39, 0.29) is 30.0 Å². The van der Waals surface area contributed by atoms with E-state index < -0.39 is 18.4 Å². The Morgan fingerprint density at radius 1 is 1.35 bits per heavy atom. The van der Waals surface area contributed by atoms with Crippen molar-refractivity contribution in [1.82, 2.24) is 4.90 Å². The van der Waals surface area contributed by atoms with Crippen LogP contribution in [-0.2, 0) is 9.59 Å². The average molecular weight is 266 g/mol. The van der Waals surface area contributed by atoms with E-state index >= 15 is 0 Å². The fourth-order valence-electron chi connectivity index (χ4n) is 3.15. The van der Waals surface area contributed by atoms with Gasteiger partial charge in [-0.25, -0.2) is 0 Å². The number of Topliss-reactive ketones (excluding diaryl/α,β-unsaturated/α-hetero) is 1. The van der Waals surface area contributed by atoms with Crippen LogP contribution in [0.25, 0.3) is 0 Å². The van der Waals surface area contributed by atoms with E-state index in [0.29, 0.717) is 0 Å². The number of fused-ring (bicyclic) bond motifs is 1. The molecule has 1 aliphatic carbocycles. The zero-order valence-corrected chi connectivity index (χ0v) is 10.00. The van der Waals surface area contributed by atoms with Crippen LogP contribution in [-0.4, -0.2) is 41.5 Å². The van der Waals surface area contributed by atoms with E-state index in [2.05, 4.69) is 0 Å². The van der Waals surface area contributed by atoms with Gasteiger partial charge in [0.15, 0.2) is 5.78 Å². The molecule has 1 saturated carbocycles. The van der Waals surface area contributed by atoms with E-state index in [4.69, 9.17) is 11.6 Å². The van der Waals surface area contributed by atoms with Gasteiger partial charge in [0.05, 0.1) is 11.9 Å². The van der Waals surface area contributed by atoms with Gasteiger partial charge in [-0.3, -0.25) is 9.59 Å². The van der Waals surface area contributed by atoms with Crippen LogP contribution >= 0.6 is 11.6 Å². The topological polar surface area (TPSA) is 37.4 Å². The number of rotatable bonds is 3. The monoisotopic (exact) mass is 265 g/mol. The molecule has 0 radical (unpaired) electrons. The fraction of sp³-hybridized carbons (Fsp3) is 0.818. The summed E-state index contributed by atoms with van der Waals surface area (Å²) in [5.74, 6) is -1.54. The molecule has 1 aliphatic heterocycles. The molecular formula is C11H14ClF2NO2. The van der Waals surface area contributed by atoms with Crippen molar-refractivity contribution >= 4 is 23.3 Å². The van der Waals surface area contributed by atoms with Gasteiger partial charge >= 0.3 is 6.43 Å². The largest absolute Gasteiger partial charge is 0.327 e. The van der Waals surface area contributed by atoms with Crippen molar-refractivity contribution < 1.29 is 18.4 Å². The highest BCUT2D eigenvalue weighted by Gasteiger charge is 2.49. The molecule has 0 bridgehead atoms. The van der Waals surface area contributed by atoms with E-state index in [9.17, 15) is 18.4 Å². The number of nitrogens with zero attached hydrogens (tertiary/aromatic N) is 1. The molecule has 2 rings (SSSR count). The van der Waals surface area contributed by atoms with Crippen molar-refractivity contribution in [1.29, 1.82) is 0 Å². The van der Waals surface area contributed by atoms with Gasteiger partial charge in [0.1, 0.15) is 0 Å². The van der Waals surface area contributed by atoms with Crippen molar-refractivity contribution in [2.24, 2.45) is 11.8 Å². The molecule has 1 heterocycles. The second-order valence-corrected chi connectivity index (χ2v) is 4.96. The van der Waals surface area contributed by atoms with E-state index in [1.807, 2.05) is 0 Å². The summed E-state index contributed by atoms with van der Waals surface area (Å²) in [6, 6.07) is -0.721. The summed E-state index contributed by atoms with van der Waals surface area (Å²) in [5, 5.41) is 0. The number of amides is 1. The molecule has 6 heteroatoms. The first-order chi connectivity index (χ1) is 8.06. The lowest BCUT2D eigenvalue weighted by Crippen LogP contribution is -2.46. The maximum atomic E-state index is 12.5. The molecule has 2 fully saturated rings. The average Bonchev–Trinajstić information content (AvgIpc) is 2.85. The first-order valence-electron chi connectivity index (χ1n) is 5.73. The molecule has 1 saturated heterocycles. The number of carbonyl (C=O) groups excluding carboxylic acids is 2. The molecule has 0 N–H and O–H groups in total. The Morgan fingerprint density at radius 3 is 2.65 bits per heavy atom. The quantitative estimate of drug-likeness (QED) is 0.728. The maximum Gasteiger partial charge on any atom is 0.315 e. The van der Waals surface area contributed by atoms with Gasteiger partial charge in [-0.05, 0) is 24.7 Å². The van der Waals surface area contributed by atoms with Gasteiger partial charge < -0.3 is 4.90 Å². The molecule has 96 valence electrons. The molecular weight excluding hydrogens is 252 g/mol. The number of ketones is 1. The highest BCUT2D eigenvalue weighted by Crippen LogP contribution is 2.42. The summed E-state index contributed by atoms with van der Waals surface area (Å²) in [7, 11) is 0. The first kappa shape index (κ1) is 12.7. The Morgan fingerprint density at radius 2 is 2.06 bits per heavy atom. The second-order valence-electron chi connectivity index (χ2n) is 4.69. The van der Waals surface area contributed by atoms with E-state index in [1.54, 1.807) is 0 Å². The molecule has 0 spiro atoms. The predicted octanol–water partition coefficient (Wildman–Crippen LogP) is 1.69. The standard InChI is InChI=1S/C11H14ClF2NO2/c12-4-8(16)9-7-3-1-2-6(7)5-15(9)11(17)10(13)14/h6-7,9-10H,1-5H2. The minimum absolute atomic E-state index is 0.0314.